The fourth-order valence-corrected chi connectivity index (χ4v) is 3.44. The third-order valence-electron chi connectivity index (χ3n) is 4.83. The Bertz CT molecular complexity index is 917. The maximum Gasteiger partial charge on any atom is 0.231 e. The summed E-state index contributed by atoms with van der Waals surface area (Å²) in [5.74, 6) is 2.94. The van der Waals surface area contributed by atoms with Crippen molar-refractivity contribution in [1.82, 2.24) is 5.01 Å². The molecule has 0 spiro atoms. The molecule has 0 fully saturated rings. The molecule has 0 aromatic heterocycles. The Kier molecular flexibility index (Phi) is 4.68. The van der Waals surface area contributed by atoms with Crippen molar-refractivity contribution in [2.75, 3.05) is 28.1 Å². The molecule has 2 aromatic rings. The Morgan fingerprint density at radius 2 is 1.75 bits per heavy atom. The van der Waals surface area contributed by atoms with Gasteiger partial charge in [-0.25, -0.2) is 5.01 Å². The molecule has 2 aliphatic heterocycles. The average molecular weight is 384 g/mol. The quantitative estimate of drug-likeness (QED) is 0.713. The molecule has 0 bridgehead atoms. The van der Waals surface area contributed by atoms with Gasteiger partial charge in [0.05, 0.1) is 33.1 Å². The van der Waals surface area contributed by atoms with Crippen LogP contribution in [0, 0.1) is 0 Å². The van der Waals surface area contributed by atoms with Gasteiger partial charge in [-0.15, -0.1) is 0 Å². The summed E-state index contributed by atoms with van der Waals surface area (Å²) >= 11 is 0. The van der Waals surface area contributed by atoms with E-state index in [1.54, 1.807) is 21.3 Å². The highest BCUT2D eigenvalue weighted by Gasteiger charge is 2.31. The van der Waals surface area contributed by atoms with Crippen molar-refractivity contribution in [2.45, 2.75) is 12.5 Å². The minimum absolute atomic E-state index is 0.202. The molecule has 2 aromatic carbocycles. The van der Waals surface area contributed by atoms with E-state index in [0.29, 0.717) is 35.2 Å². The third kappa shape index (κ3) is 2.96. The minimum Gasteiger partial charge on any atom is -0.493 e. The van der Waals surface area contributed by atoms with Gasteiger partial charge in [0.15, 0.2) is 23.0 Å². The van der Waals surface area contributed by atoms with Crippen LogP contribution in [0.1, 0.15) is 23.6 Å². The van der Waals surface area contributed by atoms with Crippen LogP contribution in [0.25, 0.3) is 0 Å². The molecular formula is C20H20N2O6. The summed E-state index contributed by atoms with van der Waals surface area (Å²) in [5.41, 5.74) is 2.46. The van der Waals surface area contributed by atoms with Crippen molar-refractivity contribution in [2.24, 2.45) is 5.10 Å². The third-order valence-corrected chi connectivity index (χ3v) is 4.83. The lowest BCUT2D eigenvalue weighted by molar-refractivity contribution is -0.119. The number of rotatable bonds is 6. The van der Waals surface area contributed by atoms with Crippen LogP contribution in [-0.2, 0) is 4.79 Å². The lowest BCUT2D eigenvalue weighted by Crippen LogP contribution is -2.17. The van der Waals surface area contributed by atoms with Gasteiger partial charge in [-0.2, -0.15) is 5.10 Å². The molecule has 8 nitrogen and oxygen atoms in total. The zero-order valence-electron chi connectivity index (χ0n) is 15.8. The Balaban J connectivity index is 1.68. The zero-order chi connectivity index (χ0) is 19.7. The number of methoxy groups -OCH3 is 3. The summed E-state index contributed by atoms with van der Waals surface area (Å²) in [5, 5.41) is 5.91. The predicted octanol–water partition coefficient (Wildman–Crippen LogP) is 2.75. The number of carbonyl (C=O) groups is 1. The van der Waals surface area contributed by atoms with Gasteiger partial charge in [0.1, 0.15) is 0 Å². The van der Waals surface area contributed by atoms with E-state index < -0.39 is 0 Å². The summed E-state index contributed by atoms with van der Waals surface area (Å²) in [6.45, 7) is 0.202. The molecule has 2 heterocycles. The van der Waals surface area contributed by atoms with E-state index in [1.807, 2.05) is 30.3 Å². The van der Waals surface area contributed by atoms with Gasteiger partial charge in [0.25, 0.3) is 0 Å². The number of fused-ring (bicyclic) bond motifs is 1. The average Bonchev–Trinajstić information content (AvgIpc) is 3.38. The molecule has 0 radical (unpaired) electrons. The lowest BCUT2D eigenvalue weighted by Gasteiger charge is -2.17. The van der Waals surface area contributed by atoms with E-state index in [4.69, 9.17) is 23.7 Å². The highest BCUT2D eigenvalue weighted by molar-refractivity contribution is 6.03. The van der Waals surface area contributed by atoms with Gasteiger partial charge in [-0.3, -0.25) is 4.79 Å². The van der Waals surface area contributed by atoms with Gasteiger partial charge in [0.2, 0.25) is 19.0 Å². The standard InChI is InChI=1S/C20H20N2O6/c1-24-18-7-13(8-19(25-2)20(18)26-3)14-9-15(22(10-23)21-14)12-4-5-16-17(6-12)28-11-27-16/h4-8,10,15H,9,11H2,1-3H3. The maximum absolute atomic E-state index is 11.6. The molecule has 0 N–H and O–H groups in total. The van der Waals surface area contributed by atoms with Gasteiger partial charge in [-0.05, 0) is 29.8 Å². The molecule has 0 saturated heterocycles. The van der Waals surface area contributed by atoms with Crippen molar-refractivity contribution in [1.29, 1.82) is 0 Å². The first kappa shape index (κ1) is 18.0. The highest BCUT2D eigenvalue weighted by Crippen LogP contribution is 2.42. The van der Waals surface area contributed by atoms with E-state index in [1.165, 1.54) is 5.01 Å². The molecule has 146 valence electrons. The Morgan fingerprint density at radius 1 is 1.04 bits per heavy atom. The van der Waals surface area contributed by atoms with Gasteiger partial charge < -0.3 is 23.7 Å². The maximum atomic E-state index is 11.6. The molecule has 1 amide bonds. The Labute approximate surface area is 162 Å². The molecular weight excluding hydrogens is 364 g/mol. The molecule has 1 unspecified atom stereocenters. The second-order valence-corrected chi connectivity index (χ2v) is 6.28. The van der Waals surface area contributed by atoms with Crippen LogP contribution in [0.3, 0.4) is 0 Å². The van der Waals surface area contributed by atoms with E-state index in [9.17, 15) is 4.79 Å². The fourth-order valence-electron chi connectivity index (χ4n) is 3.44. The molecule has 0 saturated carbocycles. The largest absolute Gasteiger partial charge is 0.493 e. The smallest absolute Gasteiger partial charge is 0.231 e. The van der Waals surface area contributed by atoms with Crippen LogP contribution >= 0.6 is 0 Å². The number of hydrazone groups is 1. The van der Waals surface area contributed by atoms with Crippen LogP contribution in [0.15, 0.2) is 35.4 Å². The normalized spacial score (nSPS) is 17.3. The lowest BCUT2D eigenvalue weighted by atomic mass is 9.98. The molecule has 1 atom stereocenters. The number of hydrogen-bond donors (Lipinski definition) is 0. The van der Waals surface area contributed by atoms with Crippen LogP contribution in [0.4, 0.5) is 0 Å². The Morgan fingerprint density at radius 3 is 2.39 bits per heavy atom. The van der Waals surface area contributed by atoms with Crippen molar-refractivity contribution >= 4 is 12.1 Å². The van der Waals surface area contributed by atoms with Gasteiger partial charge >= 0.3 is 0 Å². The first-order valence-electron chi connectivity index (χ1n) is 8.69. The SMILES string of the molecule is COc1cc(C2=NN(C=O)C(c3ccc4c(c3)OCO4)C2)cc(OC)c1OC. The molecule has 0 aliphatic carbocycles. The van der Waals surface area contributed by atoms with Crippen LogP contribution < -0.4 is 23.7 Å². The van der Waals surface area contributed by atoms with Crippen LogP contribution in [0.2, 0.25) is 0 Å². The fraction of sp³-hybridized carbons (Fsp3) is 0.300. The summed E-state index contributed by atoms with van der Waals surface area (Å²) < 4.78 is 27.0. The Hall–Kier alpha value is -3.42. The van der Waals surface area contributed by atoms with E-state index in [-0.39, 0.29) is 12.8 Å². The first-order chi connectivity index (χ1) is 13.7. The zero-order valence-corrected chi connectivity index (χ0v) is 15.8. The van der Waals surface area contributed by atoms with Crippen molar-refractivity contribution in [3.8, 4) is 28.7 Å². The topological polar surface area (TPSA) is 78.8 Å². The van der Waals surface area contributed by atoms with Crippen molar-refractivity contribution < 1.29 is 28.5 Å². The van der Waals surface area contributed by atoms with E-state index >= 15 is 0 Å². The van der Waals surface area contributed by atoms with Gasteiger partial charge in [0, 0.05) is 12.0 Å². The second kappa shape index (κ2) is 7.30. The minimum atomic E-state index is -0.235. The molecule has 8 heteroatoms. The number of amides is 1. The first-order valence-corrected chi connectivity index (χ1v) is 8.69. The summed E-state index contributed by atoms with van der Waals surface area (Å²) in [4.78, 5) is 11.6. The van der Waals surface area contributed by atoms with Crippen LogP contribution in [-0.4, -0.2) is 45.3 Å². The van der Waals surface area contributed by atoms with Crippen molar-refractivity contribution in [3.05, 3.63) is 41.5 Å². The molecule has 2 aliphatic rings. The number of carbonyl (C=O) groups excluding carboxylic acids is 1. The second-order valence-electron chi connectivity index (χ2n) is 6.28. The number of benzene rings is 2. The van der Waals surface area contributed by atoms with Gasteiger partial charge in [-0.1, -0.05) is 6.07 Å². The highest BCUT2D eigenvalue weighted by atomic mass is 16.7. The summed E-state index contributed by atoms with van der Waals surface area (Å²) in [7, 11) is 4.67. The van der Waals surface area contributed by atoms with Crippen molar-refractivity contribution in [3.63, 3.8) is 0 Å². The molecule has 4 rings (SSSR count). The monoisotopic (exact) mass is 384 g/mol. The van der Waals surface area contributed by atoms with E-state index in [2.05, 4.69) is 5.10 Å². The number of nitrogens with zero attached hydrogens (tertiary/aromatic N) is 2. The van der Waals surface area contributed by atoms with E-state index in [0.717, 1.165) is 23.2 Å². The number of hydrogen-bond acceptors (Lipinski definition) is 7. The summed E-state index contributed by atoms with van der Waals surface area (Å²) in [6.07, 6.45) is 1.26. The number of ether oxygens (including phenoxy) is 5. The summed E-state index contributed by atoms with van der Waals surface area (Å²) in [6, 6.07) is 9.06. The predicted molar refractivity (Wildman–Crippen MR) is 100 cm³/mol. The van der Waals surface area contributed by atoms with Crippen LogP contribution in [0.5, 0.6) is 28.7 Å². The molecule has 28 heavy (non-hydrogen) atoms.